The summed E-state index contributed by atoms with van der Waals surface area (Å²) in [5, 5.41) is 2.70. The average Bonchev–Trinajstić information content (AvgIpc) is 2.24. The van der Waals surface area contributed by atoms with Crippen LogP contribution in [0.3, 0.4) is 0 Å². The molecule has 0 aliphatic carbocycles. The number of nitrogens with one attached hydrogen (secondary N) is 1. The Morgan fingerprint density at radius 1 is 1.47 bits per heavy atom. The summed E-state index contributed by atoms with van der Waals surface area (Å²) in [6.45, 7) is 6.00. The summed E-state index contributed by atoms with van der Waals surface area (Å²) in [6.07, 6.45) is 0.348. The molecule has 0 aromatic heterocycles. The lowest BCUT2D eigenvalue weighted by Gasteiger charge is -2.27. The van der Waals surface area contributed by atoms with Crippen LogP contribution in [0, 0.1) is 11.8 Å². The van der Waals surface area contributed by atoms with E-state index < -0.39 is 5.54 Å². The van der Waals surface area contributed by atoms with Crippen molar-refractivity contribution in [2.75, 3.05) is 13.1 Å². The van der Waals surface area contributed by atoms with Gasteiger partial charge >= 0.3 is 0 Å². The van der Waals surface area contributed by atoms with E-state index in [1.54, 1.807) is 25.7 Å². The quantitative estimate of drug-likeness (QED) is 0.623. The zero-order chi connectivity index (χ0) is 11.5. The Morgan fingerprint density at radius 2 is 2.13 bits per heavy atom. The number of carbonyl (C=O) groups is 2. The van der Waals surface area contributed by atoms with Crippen LogP contribution in [-0.2, 0) is 9.59 Å². The van der Waals surface area contributed by atoms with Crippen LogP contribution in [0.5, 0.6) is 0 Å². The molecule has 4 nitrogen and oxygen atoms in total. The SMILES string of the molecule is CC#CCN1CCC(=O)NC(C)(C)C1=O. The van der Waals surface area contributed by atoms with E-state index in [1.807, 2.05) is 0 Å². The van der Waals surface area contributed by atoms with Crippen LogP contribution in [-0.4, -0.2) is 35.3 Å². The predicted octanol–water partition coefficient (Wildman–Crippen LogP) is 0.137. The van der Waals surface area contributed by atoms with Crippen molar-refractivity contribution in [3.05, 3.63) is 0 Å². The average molecular weight is 208 g/mol. The van der Waals surface area contributed by atoms with Crippen LogP contribution in [0.2, 0.25) is 0 Å². The van der Waals surface area contributed by atoms with Gasteiger partial charge in [0, 0.05) is 13.0 Å². The zero-order valence-corrected chi connectivity index (χ0v) is 9.39. The summed E-state index contributed by atoms with van der Waals surface area (Å²) in [5.74, 6) is 5.43. The minimum absolute atomic E-state index is 0.0731. The summed E-state index contributed by atoms with van der Waals surface area (Å²) in [6, 6.07) is 0. The normalized spacial score (nSPS) is 20.1. The Kier molecular flexibility index (Phi) is 3.35. The van der Waals surface area contributed by atoms with Crippen molar-refractivity contribution in [1.29, 1.82) is 0 Å². The second-order valence-electron chi connectivity index (χ2n) is 4.08. The topological polar surface area (TPSA) is 49.4 Å². The van der Waals surface area contributed by atoms with Gasteiger partial charge in [-0.2, -0.15) is 0 Å². The van der Waals surface area contributed by atoms with E-state index in [2.05, 4.69) is 17.2 Å². The maximum atomic E-state index is 12.0. The van der Waals surface area contributed by atoms with E-state index in [0.717, 1.165) is 0 Å². The highest BCUT2D eigenvalue weighted by Crippen LogP contribution is 2.12. The molecule has 15 heavy (non-hydrogen) atoms. The molecule has 0 atom stereocenters. The molecule has 0 saturated carbocycles. The second-order valence-corrected chi connectivity index (χ2v) is 4.08. The number of hydrogen-bond donors (Lipinski definition) is 1. The number of nitrogens with zero attached hydrogens (tertiary/aromatic N) is 1. The third-order valence-electron chi connectivity index (χ3n) is 2.33. The third-order valence-corrected chi connectivity index (χ3v) is 2.33. The standard InChI is InChI=1S/C11H16N2O2/c1-4-5-7-13-8-6-9(14)12-11(2,3)10(13)15/h6-8H2,1-3H3,(H,12,14). The Bertz CT molecular complexity index is 336. The molecule has 1 heterocycles. The van der Waals surface area contributed by atoms with Crippen LogP contribution < -0.4 is 5.32 Å². The maximum Gasteiger partial charge on any atom is 0.248 e. The lowest BCUT2D eigenvalue weighted by Crippen LogP contribution is -2.52. The number of rotatable bonds is 1. The van der Waals surface area contributed by atoms with Crippen LogP contribution >= 0.6 is 0 Å². The first kappa shape index (κ1) is 11.6. The molecule has 0 spiro atoms. The van der Waals surface area contributed by atoms with Crippen LogP contribution in [0.25, 0.3) is 0 Å². The van der Waals surface area contributed by atoms with Crippen molar-refractivity contribution in [2.45, 2.75) is 32.7 Å². The molecule has 4 heteroatoms. The van der Waals surface area contributed by atoms with Crippen molar-refractivity contribution in [2.24, 2.45) is 0 Å². The van der Waals surface area contributed by atoms with Gasteiger partial charge in [0.2, 0.25) is 11.8 Å². The van der Waals surface area contributed by atoms with Crippen molar-refractivity contribution < 1.29 is 9.59 Å². The minimum Gasteiger partial charge on any atom is -0.342 e. The highest BCUT2D eigenvalue weighted by Gasteiger charge is 2.35. The molecule has 2 amide bonds. The third kappa shape index (κ3) is 2.72. The zero-order valence-electron chi connectivity index (χ0n) is 9.39. The van der Waals surface area contributed by atoms with Gasteiger partial charge < -0.3 is 10.2 Å². The Balaban J connectivity index is 2.83. The summed E-state index contributed by atoms with van der Waals surface area (Å²) in [4.78, 5) is 24.9. The molecule has 0 unspecified atom stereocenters. The molecule has 0 aromatic rings. The van der Waals surface area contributed by atoms with Gasteiger partial charge in [-0.3, -0.25) is 9.59 Å². The first-order chi connectivity index (χ1) is 6.97. The first-order valence-electron chi connectivity index (χ1n) is 4.97. The van der Waals surface area contributed by atoms with Crippen LogP contribution in [0.4, 0.5) is 0 Å². The Morgan fingerprint density at radius 3 is 2.73 bits per heavy atom. The fourth-order valence-corrected chi connectivity index (χ4v) is 1.52. The maximum absolute atomic E-state index is 12.0. The molecule has 1 N–H and O–H groups in total. The van der Waals surface area contributed by atoms with Gasteiger partial charge in [0.25, 0.3) is 0 Å². The molecule has 1 aliphatic heterocycles. The molecular formula is C11H16N2O2. The number of carbonyl (C=O) groups excluding carboxylic acids is 2. The van der Waals surface area contributed by atoms with Gasteiger partial charge in [0.15, 0.2) is 0 Å². The number of hydrogen-bond acceptors (Lipinski definition) is 2. The Labute approximate surface area is 90.0 Å². The van der Waals surface area contributed by atoms with Crippen LogP contribution in [0.15, 0.2) is 0 Å². The van der Waals surface area contributed by atoms with Gasteiger partial charge in [0.05, 0.1) is 6.54 Å². The predicted molar refractivity (Wildman–Crippen MR) is 56.9 cm³/mol. The van der Waals surface area contributed by atoms with Crippen molar-refractivity contribution in [1.82, 2.24) is 10.2 Å². The van der Waals surface area contributed by atoms with Gasteiger partial charge in [-0.05, 0) is 20.8 Å². The molecule has 1 rings (SSSR count). The number of amides is 2. The molecule has 0 radical (unpaired) electrons. The fourth-order valence-electron chi connectivity index (χ4n) is 1.52. The molecule has 1 fully saturated rings. The summed E-state index contributed by atoms with van der Waals surface area (Å²) in [7, 11) is 0. The largest absolute Gasteiger partial charge is 0.342 e. The first-order valence-corrected chi connectivity index (χ1v) is 4.97. The monoisotopic (exact) mass is 208 g/mol. The summed E-state index contributed by atoms with van der Waals surface area (Å²) >= 11 is 0. The lowest BCUT2D eigenvalue weighted by atomic mass is 10.0. The molecular weight excluding hydrogens is 192 g/mol. The lowest BCUT2D eigenvalue weighted by molar-refractivity contribution is -0.136. The fraction of sp³-hybridized carbons (Fsp3) is 0.636. The highest BCUT2D eigenvalue weighted by molar-refractivity contribution is 5.92. The van der Waals surface area contributed by atoms with Gasteiger partial charge in [-0.1, -0.05) is 5.92 Å². The Hall–Kier alpha value is -1.50. The van der Waals surface area contributed by atoms with Gasteiger partial charge in [-0.25, -0.2) is 0 Å². The van der Waals surface area contributed by atoms with Crippen molar-refractivity contribution in [3.63, 3.8) is 0 Å². The second kappa shape index (κ2) is 4.35. The van der Waals surface area contributed by atoms with Crippen LogP contribution in [0.1, 0.15) is 27.2 Å². The summed E-state index contributed by atoms with van der Waals surface area (Å²) in [5.41, 5.74) is -0.816. The van der Waals surface area contributed by atoms with E-state index in [1.165, 1.54) is 0 Å². The highest BCUT2D eigenvalue weighted by atomic mass is 16.2. The molecule has 82 valence electrons. The van der Waals surface area contributed by atoms with E-state index >= 15 is 0 Å². The van der Waals surface area contributed by atoms with E-state index in [9.17, 15) is 9.59 Å². The van der Waals surface area contributed by atoms with Crippen molar-refractivity contribution in [3.8, 4) is 11.8 Å². The van der Waals surface area contributed by atoms with E-state index in [-0.39, 0.29) is 11.8 Å². The minimum atomic E-state index is -0.816. The van der Waals surface area contributed by atoms with E-state index in [4.69, 9.17) is 0 Å². The molecule has 0 bridgehead atoms. The molecule has 1 aliphatic rings. The van der Waals surface area contributed by atoms with Gasteiger partial charge in [0.1, 0.15) is 5.54 Å². The van der Waals surface area contributed by atoms with E-state index in [0.29, 0.717) is 19.5 Å². The molecule has 1 saturated heterocycles. The van der Waals surface area contributed by atoms with Crippen molar-refractivity contribution >= 4 is 11.8 Å². The smallest absolute Gasteiger partial charge is 0.248 e. The summed E-state index contributed by atoms with van der Waals surface area (Å²) < 4.78 is 0. The van der Waals surface area contributed by atoms with Gasteiger partial charge in [-0.15, -0.1) is 5.92 Å². The molecule has 0 aromatic carbocycles.